The molecule has 1 unspecified atom stereocenters. The van der Waals surface area contributed by atoms with Crippen LogP contribution in [-0.2, 0) is 4.79 Å². The predicted octanol–water partition coefficient (Wildman–Crippen LogP) is 3.15. The molecule has 1 saturated carbocycles. The van der Waals surface area contributed by atoms with Gasteiger partial charge >= 0.3 is 12.0 Å². The maximum Gasteiger partial charge on any atom is 0.315 e. The van der Waals surface area contributed by atoms with E-state index in [9.17, 15) is 9.59 Å². The van der Waals surface area contributed by atoms with Gasteiger partial charge in [-0.1, -0.05) is 40.5 Å². The van der Waals surface area contributed by atoms with Gasteiger partial charge in [-0.2, -0.15) is 0 Å². The Balaban J connectivity index is 2.52. The molecule has 5 nitrogen and oxygen atoms in total. The largest absolute Gasteiger partial charge is 0.481 e. The standard InChI is InChI=1S/C16H30N2O3/c1-5-16(8-6-7-9-16)11-17-14(21)18-12(10-13(19)20)15(2,3)4/h12H,5-11H2,1-4H3,(H,19,20)(H2,17,18,21). The number of hydrogen-bond donors (Lipinski definition) is 3. The third kappa shape index (κ3) is 5.56. The van der Waals surface area contributed by atoms with E-state index in [0.29, 0.717) is 6.54 Å². The maximum atomic E-state index is 12.1. The Bertz CT molecular complexity index is 368. The SMILES string of the molecule is CCC1(CNC(=O)NC(CC(=O)O)C(C)(C)C)CCCC1. The van der Waals surface area contributed by atoms with E-state index in [4.69, 9.17) is 5.11 Å². The van der Waals surface area contributed by atoms with Gasteiger partial charge in [-0.25, -0.2) is 4.79 Å². The van der Waals surface area contributed by atoms with E-state index in [0.717, 1.165) is 6.42 Å². The first kappa shape index (κ1) is 17.8. The highest BCUT2D eigenvalue weighted by molar-refractivity contribution is 5.76. The van der Waals surface area contributed by atoms with Gasteiger partial charge in [0.1, 0.15) is 0 Å². The van der Waals surface area contributed by atoms with E-state index < -0.39 is 5.97 Å². The zero-order valence-corrected chi connectivity index (χ0v) is 13.8. The van der Waals surface area contributed by atoms with Crippen molar-refractivity contribution < 1.29 is 14.7 Å². The first-order valence-corrected chi connectivity index (χ1v) is 7.95. The van der Waals surface area contributed by atoms with Gasteiger partial charge < -0.3 is 15.7 Å². The molecule has 0 aromatic rings. The van der Waals surface area contributed by atoms with Crippen LogP contribution in [0.5, 0.6) is 0 Å². The number of carbonyl (C=O) groups is 2. The van der Waals surface area contributed by atoms with Crippen molar-refractivity contribution in [1.29, 1.82) is 0 Å². The molecule has 0 aliphatic heterocycles. The molecule has 3 N–H and O–H groups in total. The molecule has 0 aromatic heterocycles. The Morgan fingerprint density at radius 1 is 1.24 bits per heavy atom. The average Bonchev–Trinajstić information content (AvgIpc) is 2.83. The molecule has 122 valence electrons. The quantitative estimate of drug-likeness (QED) is 0.705. The van der Waals surface area contributed by atoms with Crippen LogP contribution in [-0.4, -0.2) is 29.7 Å². The van der Waals surface area contributed by atoms with E-state index in [-0.39, 0.29) is 29.3 Å². The van der Waals surface area contributed by atoms with E-state index in [2.05, 4.69) is 17.6 Å². The van der Waals surface area contributed by atoms with Gasteiger partial charge in [0, 0.05) is 12.6 Å². The van der Waals surface area contributed by atoms with Gasteiger partial charge in [-0.3, -0.25) is 4.79 Å². The molecule has 0 bridgehead atoms. The zero-order chi connectivity index (χ0) is 16.1. The lowest BCUT2D eigenvalue weighted by molar-refractivity contribution is -0.138. The van der Waals surface area contributed by atoms with Crippen molar-refractivity contribution in [2.75, 3.05) is 6.54 Å². The van der Waals surface area contributed by atoms with Gasteiger partial charge in [0.25, 0.3) is 0 Å². The molecule has 1 fully saturated rings. The van der Waals surface area contributed by atoms with E-state index >= 15 is 0 Å². The molecule has 0 spiro atoms. The second-order valence-electron chi connectivity index (χ2n) is 7.40. The Kier molecular flexibility index (Phi) is 6.05. The summed E-state index contributed by atoms with van der Waals surface area (Å²) < 4.78 is 0. The highest BCUT2D eigenvalue weighted by Gasteiger charge is 2.33. The van der Waals surface area contributed by atoms with Crippen molar-refractivity contribution in [2.24, 2.45) is 10.8 Å². The summed E-state index contributed by atoms with van der Waals surface area (Å²) in [5.74, 6) is -0.893. The minimum absolute atomic E-state index is 0.0597. The number of urea groups is 1. The van der Waals surface area contributed by atoms with E-state index in [1.807, 2.05) is 20.8 Å². The summed E-state index contributed by atoms with van der Waals surface area (Å²) >= 11 is 0. The summed E-state index contributed by atoms with van der Waals surface area (Å²) in [6, 6.07) is -0.632. The molecule has 0 radical (unpaired) electrons. The number of amides is 2. The van der Waals surface area contributed by atoms with Gasteiger partial charge in [-0.05, 0) is 30.1 Å². The van der Waals surface area contributed by atoms with Crippen LogP contribution in [0.4, 0.5) is 4.79 Å². The molecular formula is C16H30N2O3. The van der Waals surface area contributed by atoms with Crippen LogP contribution in [0.3, 0.4) is 0 Å². The molecule has 2 amide bonds. The molecule has 1 atom stereocenters. The lowest BCUT2D eigenvalue weighted by Gasteiger charge is -2.32. The van der Waals surface area contributed by atoms with Crippen LogP contribution in [0, 0.1) is 10.8 Å². The Morgan fingerprint density at radius 3 is 2.24 bits per heavy atom. The number of nitrogens with one attached hydrogen (secondary N) is 2. The molecule has 0 heterocycles. The minimum atomic E-state index is -0.893. The summed E-state index contributed by atoms with van der Waals surface area (Å²) in [6.07, 6.45) is 5.83. The number of aliphatic carboxylic acids is 1. The fraction of sp³-hybridized carbons (Fsp3) is 0.875. The van der Waals surface area contributed by atoms with Gasteiger partial charge in [-0.15, -0.1) is 0 Å². The highest BCUT2D eigenvalue weighted by Crippen LogP contribution is 2.40. The number of carbonyl (C=O) groups excluding carboxylic acids is 1. The van der Waals surface area contributed by atoms with Crippen molar-refractivity contribution in [2.45, 2.75) is 72.3 Å². The molecule has 0 aromatic carbocycles. The Morgan fingerprint density at radius 2 is 1.81 bits per heavy atom. The van der Waals surface area contributed by atoms with Crippen molar-refractivity contribution in [1.82, 2.24) is 10.6 Å². The summed E-state index contributed by atoms with van der Waals surface area (Å²) in [5.41, 5.74) is -0.0487. The van der Waals surface area contributed by atoms with Gasteiger partial charge in [0.2, 0.25) is 0 Å². The fourth-order valence-corrected chi connectivity index (χ4v) is 3.01. The smallest absolute Gasteiger partial charge is 0.315 e. The van der Waals surface area contributed by atoms with Crippen LogP contribution in [0.25, 0.3) is 0 Å². The first-order valence-electron chi connectivity index (χ1n) is 7.95. The minimum Gasteiger partial charge on any atom is -0.481 e. The number of hydrogen-bond acceptors (Lipinski definition) is 2. The molecular weight excluding hydrogens is 268 g/mol. The summed E-state index contributed by atoms with van der Waals surface area (Å²) in [7, 11) is 0. The first-order chi connectivity index (χ1) is 9.68. The summed E-state index contributed by atoms with van der Waals surface area (Å²) in [6.45, 7) is 8.66. The van der Waals surface area contributed by atoms with Crippen molar-refractivity contribution in [3.05, 3.63) is 0 Å². The van der Waals surface area contributed by atoms with Crippen LogP contribution >= 0.6 is 0 Å². The van der Waals surface area contributed by atoms with Crippen LogP contribution in [0.15, 0.2) is 0 Å². The monoisotopic (exact) mass is 298 g/mol. The lowest BCUT2D eigenvalue weighted by Crippen LogP contribution is -2.50. The molecule has 1 aliphatic carbocycles. The predicted molar refractivity (Wildman–Crippen MR) is 83.2 cm³/mol. The average molecular weight is 298 g/mol. The molecule has 1 rings (SSSR count). The van der Waals surface area contributed by atoms with Crippen LogP contribution in [0.2, 0.25) is 0 Å². The Hall–Kier alpha value is -1.26. The maximum absolute atomic E-state index is 12.1. The van der Waals surface area contributed by atoms with Gasteiger partial charge in [0.05, 0.1) is 6.42 Å². The topological polar surface area (TPSA) is 78.4 Å². The number of rotatable bonds is 6. The zero-order valence-electron chi connectivity index (χ0n) is 13.8. The lowest BCUT2D eigenvalue weighted by atomic mass is 9.83. The third-order valence-corrected chi connectivity index (χ3v) is 4.77. The van der Waals surface area contributed by atoms with Crippen molar-refractivity contribution in [3.8, 4) is 0 Å². The summed E-state index contributed by atoms with van der Waals surface area (Å²) in [5, 5.41) is 14.7. The van der Waals surface area contributed by atoms with E-state index in [1.165, 1.54) is 25.7 Å². The second-order valence-corrected chi connectivity index (χ2v) is 7.40. The van der Waals surface area contributed by atoms with Crippen LogP contribution in [0.1, 0.15) is 66.2 Å². The van der Waals surface area contributed by atoms with Gasteiger partial charge in [0.15, 0.2) is 0 Å². The Labute approximate surface area is 127 Å². The number of carboxylic acid groups (broad SMARTS) is 1. The van der Waals surface area contributed by atoms with E-state index in [1.54, 1.807) is 0 Å². The fourth-order valence-electron chi connectivity index (χ4n) is 3.01. The van der Waals surface area contributed by atoms with Crippen LogP contribution < -0.4 is 10.6 Å². The van der Waals surface area contributed by atoms with Crippen molar-refractivity contribution in [3.63, 3.8) is 0 Å². The normalized spacial score (nSPS) is 19.0. The van der Waals surface area contributed by atoms with Crippen molar-refractivity contribution >= 4 is 12.0 Å². The number of carboxylic acids is 1. The summed E-state index contributed by atoms with van der Waals surface area (Å²) in [4.78, 5) is 23.0. The molecule has 21 heavy (non-hydrogen) atoms. The second kappa shape index (κ2) is 7.14. The highest BCUT2D eigenvalue weighted by atomic mass is 16.4. The molecule has 5 heteroatoms. The third-order valence-electron chi connectivity index (χ3n) is 4.77. The molecule has 1 aliphatic rings. The molecule has 0 saturated heterocycles.